The van der Waals surface area contributed by atoms with E-state index < -0.39 is 0 Å². The maximum Gasteiger partial charge on any atom is 0.323 e. The van der Waals surface area contributed by atoms with Gasteiger partial charge in [0.15, 0.2) is 0 Å². The van der Waals surface area contributed by atoms with Crippen LogP contribution in [0.1, 0.15) is 6.42 Å². The fraction of sp³-hybridized carbons (Fsp3) is 0.857. The van der Waals surface area contributed by atoms with Gasteiger partial charge < -0.3 is 10.1 Å². The predicted octanol–water partition coefficient (Wildman–Crippen LogP) is 0.429. The van der Waals surface area contributed by atoms with Crippen molar-refractivity contribution >= 4 is 30.1 Å². The highest BCUT2D eigenvalue weighted by atomic mass is 35.5. The van der Waals surface area contributed by atoms with Crippen molar-refractivity contribution in [1.82, 2.24) is 5.32 Å². The van der Waals surface area contributed by atoms with Crippen LogP contribution in [0.15, 0.2) is 0 Å². The Morgan fingerprint density at radius 2 is 2.50 bits per heavy atom. The quantitative estimate of drug-likeness (QED) is 0.636. The largest absolute Gasteiger partial charge is 0.468 e. The van der Waals surface area contributed by atoms with Crippen molar-refractivity contribution in [3.8, 4) is 0 Å². The zero-order chi connectivity index (χ0) is 7.90. The van der Waals surface area contributed by atoms with Crippen LogP contribution in [-0.2, 0) is 9.53 Å². The first kappa shape index (κ1) is 10.2. The Balaban J connectivity index is 0.000000720. The monoisotopic (exact) mass is 209 g/mol. The molecule has 0 saturated carbocycles. The summed E-state index contributed by atoms with van der Waals surface area (Å²) < 4.78 is 4.52. The molecule has 0 aromatic heterocycles. The third-order valence-corrected chi connectivity index (χ3v) is 3.97. The van der Waals surface area contributed by atoms with E-state index in [-0.39, 0.29) is 23.1 Å². The van der Waals surface area contributed by atoms with Gasteiger partial charge in [0, 0.05) is 18.3 Å². The highest BCUT2D eigenvalue weighted by molar-refractivity contribution is 8.01. The van der Waals surface area contributed by atoms with E-state index in [2.05, 4.69) is 5.32 Å². The van der Waals surface area contributed by atoms with Gasteiger partial charge in [-0.15, -0.1) is 24.2 Å². The number of hydrogen-bond acceptors (Lipinski definition) is 4. The molecule has 2 aliphatic rings. The SMILES string of the molecule is COC(=O)C12CNC(CS1)C2.Cl. The van der Waals surface area contributed by atoms with Crippen LogP contribution in [0.4, 0.5) is 0 Å². The molecule has 2 bridgehead atoms. The van der Waals surface area contributed by atoms with Crippen molar-refractivity contribution < 1.29 is 9.53 Å². The van der Waals surface area contributed by atoms with Crippen molar-refractivity contribution in [2.24, 2.45) is 0 Å². The summed E-state index contributed by atoms with van der Waals surface area (Å²) in [4.78, 5) is 11.3. The van der Waals surface area contributed by atoms with E-state index in [0.717, 1.165) is 18.7 Å². The summed E-state index contributed by atoms with van der Waals surface area (Å²) in [5.41, 5.74) is 0. The Morgan fingerprint density at radius 1 is 1.75 bits per heavy atom. The lowest BCUT2D eigenvalue weighted by Crippen LogP contribution is -2.40. The number of halogens is 1. The minimum Gasteiger partial charge on any atom is -0.468 e. The second-order valence-electron chi connectivity index (χ2n) is 3.08. The molecule has 2 unspecified atom stereocenters. The number of hydrogen-bond donors (Lipinski definition) is 1. The van der Waals surface area contributed by atoms with Gasteiger partial charge >= 0.3 is 5.97 Å². The summed E-state index contributed by atoms with van der Waals surface area (Å²) in [5, 5.41) is 3.29. The molecule has 2 heterocycles. The van der Waals surface area contributed by atoms with Gasteiger partial charge in [0.2, 0.25) is 0 Å². The number of nitrogens with one attached hydrogen (secondary N) is 1. The summed E-state index contributed by atoms with van der Waals surface area (Å²) in [5.74, 6) is 0.991. The Labute approximate surface area is 82.0 Å². The molecule has 0 spiro atoms. The number of methoxy groups -OCH3 is 1. The van der Waals surface area contributed by atoms with Crippen molar-refractivity contribution in [1.29, 1.82) is 0 Å². The van der Waals surface area contributed by atoms with Gasteiger partial charge in [-0.25, -0.2) is 0 Å². The number of carbonyl (C=O) groups is 1. The topological polar surface area (TPSA) is 38.3 Å². The van der Waals surface area contributed by atoms with Gasteiger partial charge in [0.05, 0.1) is 7.11 Å². The van der Waals surface area contributed by atoms with Crippen LogP contribution in [0.25, 0.3) is 0 Å². The predicted molar refractivity (Wildman–Crippen MR) is 50.9 cm³/mol. The molecular formula is C7H12ClNO2S. The smallest absolute Gasteiger partial charge is 0.323 e. The summed E-state index contributed by atoms with van der Waals surface area (Å²) in [6.07, 6.45) is 0.949. The Bertz CT molecular complexity index is 192. The minimum absolute atomic E-state index is 0. The lowest BCUT2D eigenvalue weighted by atomic mass is 10.1. The van der Waals surface area contributed by atoms with Crippen LogP contribution in [0, 0.1) is 0 Å². The van der Waals surface area contributed by atoms with E-state index in [9.17, 15) is 4.79 Å². The molecule has 2 rings (SSSR count). The molecule has 1 N–H and O–H groups in total. The Morgan fingerprint density at radius 3 is 2.83 bits per heavy atom. The lowest BCUT2D eigenvalue weighted by Gasteiger charge is -2.21. The van der Waals surface area contributed by atoms with Crippen molar-refractivity contribution in [2.45, 2.75) is 17.2 Å². The standard InChI is InChI=1S/C7H11NO2S.ClH/c1-10-6(9)7-2-5(3-11-7)8-4-7;/h5,8H,2-4H2,1H3;1H. The summed E-state index contributed by atoms with van der Waals surface area (Å²) >= 11 is 1.74. The molecule has 0 amide bonds. The fourth-order valence-electron chi connectivity index (χ4n) is 1.74. The van der Waals surface area contributed by atoms with E-state index >= 15 is 0 Å². The van der Waals surface area contributed by atoms with Gasteiger partial charge in [-0.2, -0.15) is 0 Å². The van der Waals surface area contributed by atoms with E-state index in [1.165, 1.54) is 7.11 Å². The van der Waals surface area contributed by atoms with Crippen LogP contribution < -0.4 is 5.32 Å². The Kier molecular flexibility index (Phi) is 2.91. The van der Waals surface area contributed by atoms with Gasteiger partial charge in [-0.05, 0) is 6.42 Å². The van der Waals surface area contributed by atoms with Crippen LogP contribution >= 0.6 is 24.2 Å². The minimum atomic E-state index is -0.237. The number of ether oxygens (including phenoxy) is 1. The number of carbonyl (C=O) groups excluding carboxylic acids is 1. The van der Waals surface area contributed by atoms with E-state index in [4.69, 9.17) is 4.74 Å². The first-order chi connectivity index (χ1) is 5.27. The lowest BCUT2D eigenvalue weighted by molar-refractivity contribution is -0.142. The molecule has 2 fully saturated rings. The van der Waals surface area contributed by atoms with Crippen LogP contribution in [0.5, 0.6) is 0 Å². The third-order valence-electron chi connectivity index (χ3n) is 2.37. The van der Waals surface area contributed by atoms with Gasteiger partial charge in [0.1, 0.15) is 4.75 Å². The summed E-state index contributed by atoms with van der Waals surface area (Å²) in [6, 6.07) is 0.541. The van der Waals surface area contributed by atoms with E-state index in [1.807, 2.05) is 0 Å². The van der Waals surface area contributed by atoms with Crippen molar-refractivity contribution in [3.63, 3.8) is 0 Å². The maximum atomic E-state index is 11.3. The first-order valence-corrected chi connectivity index (χ1v) is 4.71. The molecule has 2 atom stereocenters. The number of esters is 1. The fourth-order valence-corrected chi connectivity index (χ4v) is 3.20. The maximum absolute atomic E-state index is 11.3. The average Bonchev–Trinajstić information content (AvgIpc) is 2.62. The molecule has 3 nitrogen and oxygen atoms in total. The molecule has 2 aliphatic heterocycles. The molecule has 0 aliphatic carbocycles. The normalized spacial score (nSPS) is 37.6. The molecule has 2 saturated heterocycles. The average molecular weight is 210 g/mol. The Hall–Kier alpha value is 0.0700. The number of fused-ring (bicyclic) bond motifs is 2. The zero-order valence-electron chi connectivity index (χ0n) is 6.83. The van der Waals surface area contributed by atoms with Crippen LogP contribution in [0.3, 0.4) is 0 Å². The van der Waals surface area contributed by atoms with Crippen LogP contribution in [-0.4, -0.2) is 36.2 Å². The molecule has 70 valence electrons. The zero-order valence-corrected chi connectivity index (χ0v) is 8.46. The molecular weight excluding hydrogens is 198 g/mol. The summed E-state index contributed by atoms with van der Waals surface area (Å²) in [7, 11) is 1.46. The van der Waals surface area contributed by atoms with Crippen LogP contribution in [0.2, 0.25) is 0 Å². The van der Waals surface area contributed by atoms with Gasteiger partial charge in [-0.3, -0.25) is 4.79 Å². The van der Waals surface area contributed by atoms with Crippen molar-refractivity contribution in [3.05, 3.63) is 0 Å². The highest BCUT2D eigenvalue weighted by Crippen LogP contribution is 2.43. The van der Waals surface area contributed by atoms with Gasteiger partial charge in [-0.1, -0.05) is 0 Å². The molecule has 0 aromatic carbocycles. The highest BCUT2D eigenvalue weighted by Gasteiger charge is 2.51. The summed E-state index contributed by atoms with van der Waals surface area (Å²) in [6.45, 7) is 0.787. The second kappa shape index (κ2) is 3.44. The number of rotatable bonds is 1. The molecule has 0 aromatic rings. The molecule has 12 heavy (non-hydrogen) atoms. The molecule has 0 radical (unpaired) electrons. The first-order valence-electron chi connectivity index (χ1n) is 3.73. The van der Waals surface area contributed by atoms with Gasteiger partial charge in [0.25, 0.3) is 0 Å². The van der Waals surface area contributed by atoms with E-state index in [0.29, 0.717) is 6.04 Å². The number of thioether (sulfide) groups is 1. The molecule has 5 heteroatoms. The van der Waals surface area contributed by atoms with E-state index in [1.54, 1.807) is 11.8 Å². The second-order valence-corrected chi connectivity index (χ2v) is 4.48. The van der Waals surface area contributed by atoms with Crippen molar-refractivity contribution in [2.75, 3.05) is 19.4 Å². The third kappa shape index (κ3) is 1.32.